The summed E-state index contributed by atoms with van der Waals surface area (Å²) in [6.07, 6.45) is 0.789. The molecule has 7 heteroatoms. The number of non-ortho nitro benzene ring substituents is 1. The molecule has 0 unspecified atom stereocenters. The molecular weight excluding hydrogens is 276 g/mol. The summed E-state index contributed by atoms with van der Waals surface area (Å²) in [5.41, 5.74) is -0.612. The number of carboxylic acid groups (broad SMARTS) is 1. The molecule has 0 aliphatic carbocycles. The molecule has 0 atom stereocenters. The van der Waals surface area contributed by atoms with Crippen molar-refractivity contribution >= 4 is 17.3 Å². The summed E-state index contributed by atoms with van der Waals surface area (Å²) in [4.78, 5) is 21.5. The van der Waals surface area contributed by atoms with Crippen LogP contribution in [-0.2, 0) is 4.79 Å². The van der Waals surface area contributed by atoms with Gasteiger partial charge < -0.3 is 15.2 Å². The van der Waals surface area contributed by atoms with Gasteiger partial charge in [0, 0.05) is 24.4 Å². The highest BCUT2D eigenvalue weighted by Crippen LogP contribution is 2.27. The lowest BCUT2D eigenvalue weighted by atomic mass is 9.94. The Morgan fingerprint density at radius 3 is 2.62 bits per heavy atom. The first-order valence-electron chi connectivity index (χ1n) is 6.66. The van der Waals surface area contributed by atoms with E-state index in [1.165, 1.54) is 12.1 Å². The van der Waals surface area contributed by atoms with Crippen LogP contribution in [-0.4, -0.2) is 29.2 Å². The Kier molecular flexibility index (Phi) is 5.52. The van der Waals surface area contributed by atoms with Gasteiger partial charge in [-0.2, -0.15) is 0 Å². The van der Waals surface area contributed by atoms with Crippen LogP contribution in [0.5, 0.6) is 5.75 Å². The normalized spacial score (nSPS) is 11.0. The Bertz CT molecular complexity index is 528. The Morgan fingerprint density at radius 1 is 1.43 bits per heavy atom. The number of aliphatic carboxylic acids is 1. The zero-order valence-electron chi connectivity index (χ0n) is 12.4. The second-order valence-electron chi connectivity index (χ2n) is 5.36. The summed E-state index contributed by atoms with van der Waals surface area (Å²) in [5.74, 6) is -0.551. The van der Waals surface area contributed by atoms with Crippen molar-refractivity contribution in [3.05, 3.63) is 28.3 Å². The predicted molar refractivity (Wildman–Crippen MR) is 78.8 cm³/mol. The van der Waals surface area contributed by atoms with Gasteiger partial charge in [-0.25, -0.2) is 0 Å². The van der Waals surface area contributed by atoms with Gasteiger partial charge in [0.05, 0.1) is 23.0 Å². The largest absolute Gasteiger partial charge is 0.493 e. The summed E-state index contributed by atoms with van der Waals surface area (Å²) in [6.45, 7) is 5.70. The molecule has 0 amide bonds. The third kappa shape index (κ3) is 4.94. The number of carboxylic acids is 1. The zero-order chi connectivity index (χ0) is 16.0. The molecule has 0 radical (unpaired) electrons. The third-order valence-electron chi connectivity index (χ3n) is 2.89. The van der Waals surface area contributed by atoms with Gasteiger partial charge in [-0.1, -0.05) is 6.92 Å². The molecule has 0 bridgehead atoms. The lowest BCUT2D eigenvalue weighted by molar-refractivity contribution is -0.384. The molecule has 0 aliphatic heterocycles. The van der Waals surface area contributed by atoms with Crippen LogP contribution in [0.25, 0.3) is 0 Å². The van der Waals surface area contributed by atoms with E-state index in [9.17, 15) is 14.9 Å². The van der Waals surface area contributed by atoms with Crippen molar-refractivity contribution in [1.29, 1.82) is 0 Å². The highest BCUT2D eigenvalue weighted by atomic mass is 16.6. The molecule has 21 heavy (non-hydrogen) atoms. The first-order valence-corrected chi connectivity index (χ1v) is 6.66. The summed E-state index contributed by atoms with van der Waals surface area (Å²) < 4.78 is 5.41. The van der Waals surface area contributed by atoms with Crippen LogP contribution in [0.4, 0.5) is 11.4 Å². The molecule has 1 rings (SSSR count). The third-order valence-corrected chi connectivity index (χ3v) is 2.89. The van der Waals surface area contributed by atoms with E-state index in [-0.39, 0.29) is 12.2 Å². The first-order chi connectivity index (χ1) is 9.76. The number of carbonyl (C=O) groups is 1. The highest BCUT2D eigenvalue weighted by molar-refractivity contribution is 5.74. The number of nitro groups is 1. The molecule has 0 heterocycles. The number of anilines is 1. The van der Waals surface area contributed by atoms with Gasteiger partial charge in [-0.05, 0) is 20.3 Å². The summed E-state index contributed by atoms with van der Waals surface area (Å²) >= 11 is 0. The maximum atomic E-state index is 11.1. The molecule has 0 saturated carbocycles. The molecule has 1 aromatic carbocycles. The second-order valence-corrected chi connectivity index (χ2v) is 5.36. The van der Waals surface area contributed by atoms with E-state index in [1.54, 1.807) is 19.9 Å². The smallest absolute Gasteiger partial charge is 0.310 e. The number of ether oxygens (including phenoxy) is 1. The summed E-state index contributed by atoms with van der Waals surface area (Å²) in [6, 6.07) is 4.33. The molecule has 0 spiro atoms. The molecule has 1 aromatic rings. The molecule has 0 saturated heterocycles. The van der Waals surface area contributed by atoms with Gasteiger partial charge in [0.1, 0.15) is 5.75 Å². The van der Waals surface area contributed by atoms with Crippen molar-refractivity contribution in [2.24, 2.45) is 5.41 Å². The number of hydrogen-bond acceptors (Lipinski definition) is 5. The Balaban J connectivity index is 2.92. The van der Waals surface area contributed by atoms with E-state index in [0.29, 0.717) is 18.0 Å². The minimum atomic E-state index is -0.977. The molecule has 7 nitrogen and oxygen atoms in total. The summed E-state index contributed by atoms with van der Waals surface area (Å²) in [7, 11) is 0. The van der Waals surface area contributed by atoms with Crippen molar-refractivity contribution in [1.82, 2.24) is 0 Å². The molecular formula is C14H20N2O5. The maximum absolute atomic E-state index is 11.1. The molecule has 0 fully saturated rings. The lowest BCUT2D eigenvalue weighted by Gasteiger charge is -2.20. The van der Waals surface area contributed by atoms with E-state index < -0.39 is 16.3 Å². The van der Waals surface area contributed by atoms with Gasteiger partial charge in [0.25, 0.3) is 5.69 Å². The molecule has 2 N–H and O–H groups in total. The van der Waals surface area contributed by atoms with E-state index >= 15 is 0 Å². The Hall–Kier alpha value is -2.31. The average molecular weight is 296 g/mol. The van der Waals surface area contributed by atoms with Crippen molar-refractivity contribution in [3.63, 3.8) is 0 Å². The van der Waals surface area contributed by atoms with Crippen molar-refractivity contribution in [2.45, 2.75) is 27.2 Å². The van der Waals surface area contributed by atoms with Crippen LogP contribution in [0.2, 0.25) is 0 Å². The van der Waals surface area contributed by atoms with Gasteiger partial charge in [0.15, 0.2) is 0 Å². The standard InChI is InChI=1S/C14H20N2O5/c1-4-5-21-12-7-10(6-11(8-12)16(19)20)15-9-14(2,3)13(17)18/h6-8,15H,4-5,9H2,1-3H3,(H,17,18). The fourth-order valence-electron chi connectivity index (χ4n) is 1.49. The van der Waals surface area contributed by atoms with Gasteiger partial charge in [-0.3, -0.25) is 14.9 Å². The predicted octanol–water partition coefficient (Wildman–Crippen LogP) is 2.91. The van der Waals surface area contributed by atoms with Crippen LogP contribution in [0.1, 0.15) is 27.2 Å². The average Bonchev–Trinajstić information content (AvgIpc) is 2.42. The molecule has 116 valence electrons. The van der Waals surface area contributed by atoms with E-state index in [2.05, 4.69) is 5.32 Å². The maximum Gasteiger partial charge on any atom is 0.310 e. The lowest BCUT2D eigenvalue weighted by Crippen LogP contribution is -2.31. The van der Waals surface area contributed by atoms with Gasteiger partial charge in [-0.15, -0.1) is 0 Å². The zero-order valence-corrected chi connectivity index (χ0v) is 12.4. The quantitative estimate of drug-likeness (QED) is 0.565. The monoisotopic (exact) mass is 296 g/mol. The first kappa shape index (κ1) is 16.7. The second kappa shape index (κ2) is 6.92. The highest BCUT2D eigenvalue weighted by Gasteiger charge is 2.27. The number of nitrogens with one attached hydrogen (secondary N) is 1. The van der Waals surface area contributed by atoms with Crippen LogP contribution in [0.3, 0.4) is 0 Å². The van der Waals surface area contributed by atoms with Crippen molar-refractivity contribution < 1.29 is 19.6 Å². The molecule has 0 aromatic heterocycles. The van der Waals surface area contributed by atoms with Crippen LogP contribution >= 0.6 is 0 Å². The van der Waals surface area contributed by atoms with E-state index in [1.807, 2.05) is 6.92 Å². The van der Waals surface area contributed by atoms with Crippen molar-refractivity contribution in [3.8, 4) is 5.75 Å². The topological polar surface area (TPSA) is 102 Å². The van der Waals surface area contributed by atoms with Crippen LogP contribution in [0.15, 0.2) is 18.2 Å². The minimum Gasteiger partial charge on any atom is -0.493 e. The SMILES string of the molecule is CCCOc1cc(NCC(C)(C)C(=O)O)cc([N+](=O)[O-])c1. The minimum absolute atomic E-state index is 0.0979. The van der Waals surface area contributed by atoms with Crippen LogP contribution in [0, 0.1) is 15.5 Å². The van der Waals surface area contributed by atoms with Gasteiger partial charge >= 0.3 is 5.97 Å². The number of rotatable bonds is 8. The van der Waals surface area contributed by atoms with Gasteiger partial charge in [0.2, 0.25) is 0 Å². The fourth-order valence-corrected chi connectivity index (χ4v) is 1.49. The molecule has 0 aliphatic rings. The fraction of sp³-hybridized carbons (Fsp3) is 0.500. The number of nitrogens with zero attached hydrogens (tertiary/aromatic N) is 1. The Labute approximate surface area is 123 Å². The number of benzene rings is 1. The van der Waals surface area contributed by atoms with E-state index in [0.717, 1.165) is 6.42 Å². The summed E-state index contributed by atoms with van der Waals surface area (Å²) in [5, 5.41) is 22.9. The van der Waals surface area contributed by atoms with Crippen LogP contribution < -0.4 is 10.1 Å². The number of nitro benzene ring substituents is 1. The number of hydrogen-bond donors (Lipinski definition) is 2. The Morgan fingerprint density at radius 2 is 2.10 bits per heavy atom. The van der Waals surface area contributed by atoms with Crippen molar-refractivity contribution in [2.75, 3.05) is 18.5 Å². The van der Waals surface area contributed by atoms with E-state index in [4.69, 9.17) is 9.84 Å².